The number of hydrogen-bond acceptors (Lipinski definition) is 0. The lowest BCUT2D eigenvalue weighted by molar-refractivity contribution is 0.685. The zero-order valence-corrected chi connectivity index (χ0v) is 8.10. The van der Waals surface area contributed by atoms with Crippen molar-refractivity contribution < 1.29 is 0 Å². The fourth-order valence-electron chi connectivity index (χ4n) is 1.92. The van der Waals surface area contributed by atoms with Crippen LogP contribution >= 0.6 is 0 Å². The predicted octanol–water partition coefficient (Wildman–Crippen LogP) is 2.35. The van der Waals surface area contributed by atoms with Crippen LogP contribution in [0.3, 0.4) is 0 Å². The topological polar surface area (TPSA) is 0 Å². The van der Waals surface area contributed by atoms with E-state index in [0.29, 0.717) is 9.52 Å². The van der Waals surface area contributed by atoms with Gasteiger partial charge >= 0.3 is 0 Å². The van der Waals surface area contributed by atoms with Crippen LogP contribution in [0.15, 0.2) is 0 Å². The van der Waals surface area contributed by atoms with Crippen LogP contribution < -0.4 is 0 Å². The Morgan fingerprint density at radius 1 is 1.11 bits per heavy atom. The molecule has 1 rings (SSSR count). The average molecular weight is 142 g/mol. The molecule has 0 radical (unpaired) electrons. The maximum absolute atomic E-state index is 2.36. The van der Waals surface area contributed by atoms with Gasteiger partial charge in [-0.1, -0.05) is 50.6 Å². The molecule has 1 fully saturated rings. The summed E-state index contributed by atoms with van der Waals surface area (Å²) in [6.07, 6.45) is 6.09. The van der Waals surface area contributed by atoms with Gasteiger partial charge in [0, 0.05) is 9.52 Å². The second-order valence-corrected chi connectivity index (χ2v) is 6.14. The molecule has 0 bridgehead atoms. The molecule has 0 aliphatic carbocycles. The maximum Gasteiger partial charge on any atom is 0.0264 e. The van der Waals surface area contributed by atoms with Gasteiger partial charge in [-0.2, -0.15) is 0 Å². The first-order chi connectivity index (χ1) is 4.36. The van der Waals surface area contributed by atoms with E-state index < -0.39 is 0 Å². The summed E-state index contributed by atoms with van der Waals surface area (Å²) in [4.78, 5) is 0. The van der Waals surface area contributed by atoms with Crippen molar-refractivity contribution in [2.24, 2.45) is 0 Å². The van der Waals surface area contributed by atoms with E-state index in [4.69, 9.17) is 0 Å². The Hall–Kier alpha value is 0.217. The summed E-state index contributed by atoms with van der Waals surface area (Å²) in [5.74, 6) is 0. The second-order valence-electron chi connectivity index (χ2n) is 3.36. The van der Waals surface area contributed by atoms with Gasteiger partial charge in [-0.15, -0.1) is 0 Å². The zero-order chi connectivity index (χ0) is 6.69. The average Bonchev–Trinajstić information content (AvgIpc) is 2.34. The van der Waals surface area contributed by atoms with Crippen LogP contribution in [0.1, 0.15) is 39.5 Å². The van der Waals surface area contributed by atoms with Crippen molar-refractivity contribution in [1.82, 2.24) is 0 Å². The molecule has 0 saturated carbocycles. The molecule has 0 amide bonds. The molecule has 1 heterocycles. The summed E-state index contributed by atoms with van der Waals surface area (Å²) in [7, 11) is 0.371. The van der Waals surface area contributed by atoms with Crippen LogP contribution in [0.25, 0.3) is 0 Å². The Kier molecular flexibility index (Phi) is 2.77. The Bertz CT molecular complexity index is 70.6. The Labute approximate surface area is 60.9 Å². The molecule has 0 N–H and O–H groups in total. The monoisotopic (exact) mass is 142 g/mol. The van der Waals surface area contributed by atoms with Crippen LogP contribution in [0, 0.1) is 0 Å². The van der Waals surface area contributed by atoms with E-state index in [1.165, 1.54) is 23.9 Å². The number of rotatable bonds is 2. The van der Waals surface area contributed by atoms with Gasteiger partial charge in [-0.3, -0.25) is 0 Å². The minimum atomic E-state index is 0.371. The molecule has 0 nitrogen and oxygen atoms in total. The van der Waals surface area contributed by atoms with Crippen molar-refractivity contribution in [1.29, 1.82) is 0 Å². The quantitative estimate of drug-likeness (QED) is 0.519. The van der Waals surface area contributed by atoms with E-state index in [-0.39, 0.29) is 0 Å². The predicted molar refractivity (Wildman–Crippen MR) is 45.9 cm³/mol. The molecular weight excluding hydrogens is 124 g/mol. The maximum atomic E-state index is 2.36. The molecule has 1 heteroatoms. The lowest BCUT2D eigenvalue weighted by Gasteiger charge is -2.03. The fourth-order valence-corrected chi connectivity index (χ4v) is 4.47. The summed E-state index contributed by atoms with van der Waals surface area (Å²) in [6, 6.07) is 0. The van der Waals surface area contributed by atoms with Gasteiger partial charge < -0.3 is 0 Å². The van der Waals surface area contributed by atoms with Gasteiger partial charge in [0.25, 0.3) is 0 Å². The highest BCUT2D eigenvalue weighted by Gasteiger charge is 2.21. The largest absolute Gasteiger partial charge is 0.0654 e. The van der Waals surface area contributed by atoms with E-state index in [2.05, 4.69) is 13.8 Å². The lowest BCUT2D eigenvalue weighted by Crippen LogP contribution is -1.97. The lowest BCUT2D eigenvalue weighted by atomic mass is 10.1. The van der Waals surface area contributed by atoms with Crippen molar-refractivity contribution in [3.63, 3.8) is 0 Å². The van der Waals surface area contributed by atoms with Gasteiger partial charge in [0.15, 0.2) is 0 Å². The summed E-state index contributed by atoms with van der Waals surface area (Å²) in [5.41, 5.74) is 2.44. The van der Waals surface area contributed by atoms with Crippen LogP contribution in [-0.4, -0.2) is 9.52 Å². The van der Waals surface area contributed by atoms with Crippen LogP contribution in [0.4, 0.5) is 0 Å². The standard InChI is InChI=1S/C8H18Si/c1-3-7-5-6-8(4-2)9-7/h7-8H,3-6,9H2,1-2H3. The molecule has 54 valence electrons. The van der Waals surface area contributed by atoms with Crippen LogP contribution in [0.2, 0.25) is 11.1 Å². The first-order valence-corrected chi connectivity index (χ1v) is 6.00. The van der Waals surface area contributed by atoms with E-state index in [1.54, 1.807) is 12.8 Å². The van der Waals surface area contributed by atoms with E-state index >= 15 is 0 Å². The SMILES string of the molecule is CCC1CCC(CC)[SiH2]1. The highest BCUT2D eigenvalue weighted by atomic mass is 28.2. The smallest absolute Gasteiger partial charge is 0.0264 e. The molecule has 2 atom stereocenters. The van der Waals surface area contributed by atoms with Crippen molar-refractivity contribution in [2.45, 2.75) is 50.6 Å². The van der Waals surface area contributed by atoms with Crippen molar-refractivity contribution in [3.05, 3.63) is 0 Å². The summed E-state index contributed by atoms with van der Waals surface area (Å²) in [5, 5.41) is 0. The summed E-state index contributed by atoms with van der Waals surface area (Å²) in [6.45, 7) is 4.71. The first-order valence-electron chi connectivity index (χ1n) is 4.36. The highest BCUT2D eigenvalue weighted by molar-refractivity contribution is 6.40. The minimum Gasteiger partial charge on any atom is -0.0654 e. The van der Waals surface area contributed by atoms with Crippen LogP contribution in [0.5, 0.6) is 0 Å². The molecule has 0 aromatic rings. The normalized spacial score (nSPS) is 38.0. The fraction of sp³-hybridized carbons (Fsp3) is 1.00. The number of hydrogen-bond donors (Lipinski definition) is 0. The molecule has 0 aromatic carbocycles. The summed E-state index contributed by atoms with van der Waals surface area (Å²) < 4.78 is 0. The van der Waals surface area contributed by atoms with Gasteiger partial charge in [0.05, 0.1) is 0 Å². The third kappa shape index (κ3) is 1.82. The third-order valence-electron chi connectivity index (χ3n) is 2.80. The van der Waals surface area contributed by atoms with E-state index in [1.807, 2.05) is 0 Å². The Morgan fingerprint density at radius 2 is 1.56 bits per heavy atom. The molecule has 2 unspecified atom stereocenters. The van der Waals surface area contributed by atoms with Crippen molar-refractivity contribution in [2.75, 3.05) is 0 Å². The molecular formula is C8H18Si. The van der Waals surface area contributed by atoms with Crippen LogP contribution in [-0.2, 0) is 0 Å². The third-order valence-corrected chi connectivity index (χ3v) is 6.11. The Balaban J connectivity index is 2.20. The van der Waals surface area contributed by atoms with Crippen molar-refractivity contribution in [3.8, 4) is 0 Å². The summed E-state index contributed by atoms with van der Waals surface area (Å²) >= 11 is 0. The van der Waals surface area contributed by atoms with Gasteiger partial charge in [0.2, 0.25) is 0 Å². The molecule has 0 aromatic heterocycles. The van der Waals surface area contributed by atoms with Gasteiger partial charge in [-0.05, 0) is 0 Å². The van der Waals surface area contributed by atoms with E-state index in [0.717, 1.165) is 0 Å². The van der Waals surface area contributed by atoms with Crippen molar-refractivity contribution >= 4 is 9.52 Å². The molecule has 1 aliphatic rings. The highest BCUT2D eigenvalue weighted by Crippen LogP contribution is 2.35. The van der Waals surface area contributed by atoms with E-state index in [9.17, 15) is 0 Å². The van der Waals surface area contributed by atoms with Gasteiger partial charge in [0.1, 0.15) is 0 Å². The zero-order valence-electron chi connectivity index (χ0n) is 6.69. The minimum absolute atomic E-state index is 0.371. The Morgan fingerprint density at radius 3 is 1.78 bits per heavy atom. The second kappa shape index (κ2) is 3.40. The molecule has 0 spiro atoms. The molecule has 1 aliphatic heterocycles. The first kappa shape index (κ1) is 7.33. The molecule has 9 heavy (non-hydrogen) atoms. The van der Waals surface area contributed by atoms with Gasteiger partial charge in [-0.25, -0.2) is 0 Å². The molecule has 1 saturated heterocycles.